The Balaban J connectivity index is 1.50. The van der Waals surface area contributed by atoms with Crippen molar-refractivity contribution in [2.75, 3.05) is 29.9 Å². The summed E-state index contributed by atoms with van der Waals surface area (Å²) in [6.07, 6.45) is 7.87. The smallest absolute Gasteiger partial charge is 0.239 e. The Morgan fingerprint density at radius 3 is 2.67 bits per heavy atom. The first kappa shape index (κ1) is 16.8. The second-order valence-corrected chi connectivity index (χ2v) is 6.83. The highest BCUT2D eigenvalue weighted by Crippen LogP contribution is 2.29. The second kappa shape index (κ2) is 8.18. The minimum absolute atomic E-state index is 0.0168. The van der Waals surface area contributed by atoms with Gasteiger partial charge < -0.3 is 15.5 Å². The molecule has 1 saturated carbocycles. The molecule has 1 aliphatic heterocycles. The maximum atomic E-state index is 12.1. The molecule has 24 heavy (non-hydrogen) atoms. The van der Waals surface area contributed by atoms with Crippen molar-refractivity contribution in [1.29, 1.82) is 0 Å². The average Bonchev–Trinajstić information content (AvgIpc) is 3.05. The zero-order valence-electron chi connectivity index (χ0n) is 14.2. The van der Waals surface area contributed by atoms with Crippen molar-refractivity contribution in [3.8, 4) is 0 Å². The molecular formula is C19H27N3O2. The minimum Gasteiger partial charge on any atom is -0.374 e. The fourth-order valence-electron chi connectivity index (χ4n) is 3.65. The van der Waals surface area contributed by atoms with Crippen LogP contribution in [0.5, 0.6) is 0 Å². The molecule has 0 aromatic heterocycles. The molecule has 1 saturated heterocycles. The molecule has 0 bridgehead atoms. The van der Waals surface area contributed by atoms with E-state index in [-0.39, 0.29) is 18.4 Å². The van der Waals surface area contributed by atoms with Gasteiger partial charge in [-0.1, -0.05) is 31.4 Å². The van der Waals surface area contributed by atoms with Crippen molar-refractivity contribution in [3.05, 3.63) is 24.3 Å². The van der Waals surface area contributed by atoms with Crippen molar-refractivity contribution >= 4 is 23.2 Å². The molecule has 0 unspecified atom stereocenters. The van der Waals surface area contributed by atoms with Gasteiger partial charge in [-0.15, -0.1) is 0 Å². The van der Waals surface area contributed by atoms with Crippen LogP contribution in [-0.2, 0) is 9.59 Å². The van der Waals surface area contributed by atoms with Gasteiger partial charge in [0.05, 0.1) is 17.9 Å². The Morgan fingerprint density at radius 2 is 1.92 bits per heavy atom. The van der Waals surface area contributed by atoms with Crippen molar-refractivity contribution in [2.24, 2.45) is 5.92 Å². The van der Waals surface area contributed by atoms with Gasteiger partial charge in [0, 0.05) is 19.5 Å². The van der Waals surface area contributed by atoms with Gasteiger partial charge >= 0.3 is 0 Å². The lowest BCUT2D eigenvalue weighted by atomic mass is 9.89. The number of hydrogen-bond donors (Lipinski definition) is 2. The molecule has 1 aliphatic carbocycles. The van der Waals surface area contributed by atoms with E-state index in [9.17, 15) is 9.59 Å². The fourth-order valence-corrected chi connectivity index (χ4v) is 3.65. The number of carbonyl (C=O) groups is 2. The maximum absolute atomic E-state index is 12.1. The van der Waals surface area contributed by atoms with Crippen LogP contribution in [0.25, 0.3) is 0 Å². The van der Waals surface area contributed by atoms with Crippen LogP contribution in [0.15, 0.2) is 24.3 Å². The molecule has 2 aliphatic rings. The van der Waals surface area contributed by atoms with Gasteiger partial charge in [0.2, 0.25) is 11.8 Å². The lowest BCUT2D eigenvalue weighted by molar-refractivity contribution is -0.119. The molecule has 5 heteroatoms. The highest BCUT2D eigenvalue weighted by molar-refractivity contribution is 5.98. The summed E-state index contributed by atoms with van der Waals surface area (Å²) in [5.41, 5.74) is 1.72. The summed E-state index contributed by atoms with van der Waals surface area (Å²) in [6.45, 7) is 1.78. The standard InChI is InChI=1S/C19H27N3O2/c23-18(21-13-15-7-2-1-3-8-15)14-20-16-9-4-5-10-17(16)22-12-6-11-19(22)24/h4-5,9-10,15,20H,1-3,6-8,11-14H2,(H,21,23). The highest BCUT2D eigenvalue weighted by atomic mass is 16.2. The number of benzene rings is 1. The van der Waals surface area contributed by atoms with Crippen LogP contribution in [-0.4, -0.2) is 31.4 Å². The van der Waals surface area contributed by atoms with Gasteiger partial charge in [0.15, 0.2) is 0 Å². The van der Waals surface area contributed by atoms with Crippen LogP contribution in [0, 0.1) is 5.92 Å². The Labute approximate surface area is 143 Å². The molecule has 1 aromatic rings. The molecule has 1 aromatic carbocycles. The molecule has 1 heterocycles. The number of nitrogens with one attached hydrogen (secondary N) is 2. The van der Waals surface area contributed by atoms with Crippen LogP contribution in [0.1, 0.15) is 44.9 Å². The van der Waals surface area contributed by atoms with Gasteiger partial charge in [-0.25, -0.2) is 0 Å². The third kappa shape index (κ3) is 4.28. The van der Waals surface area contributed by atoms with Gasteiger partial charge in [-0.3, -0.25) is 9.59 Å². The minimum atomic E-state index is 0.0168. The zero-order chi connectivity index (χ0) is 16.8. The van der Waals surface area contributed by atoms with Crippen LogP contribution in [0.3, 0.4) is 0 Å². The van der Waals surface area contributed by atoms with Crippen LogP contribution in [0.4, 0.5) is 11.4 Å². The summed E-state index contributed by atoms with van der Waals surface area (Å²) in [5.74, 6) is 0.811. The van der Waals surface area contributed by atoms with E-state index in [4.69, 9.17) is 0 Å². The van der Waals surface area contributed by atoms with Crippen molar-refractivity contribution in [1.82, 2.24) is 5.32 Å². The molecule has 2 fully saturated rings. The zero-order valence-corrected chi connectivity index (χ0v) is 14.2. The molecule has 0 spiro atoms. The first-order valence-corrected chi connectivity index (χ1v) is 9.14. The number of amides is 2. The Kier molecular flexibility index (Phi) is 5.72. The third-order valence-corrected chi connectivity index (χ3v) is 5.02. The highest BCUT2D eigenvalue weighted by Gasteiger charge is 2.23. The summed E-state index contributed by atoms with van der Waals surface area (Å²) in [6, 6.07) is 7.71. The van der Waals surface area contributed by atoms with E-state index in [1.807, 2.05) is 29.2 Å². The van der Waals surface area contributed by atoms with E-state index in [0.29, 0.717) is 12.3 Å². The average molecular weight is 329 g/mol. The predicted molar refractivity (Wildman–Crippen MR) is 96.1 cm³/mol. The maximum Gasteiger partial charge on any atom is 0.239 e. The lowest BCUT2D eigenvalue weighted by Gasteiger charge is -2.22. The fraction of sp³-hybridized carbons (Fsp3) is 0.579. The summed E-state index contributed by atoms with van der Waals surface area (Å²) < 4.78 is 0. The Hall–Kier alpha value is -2.04. The SMILES string of the molecule is O=C(CNc1ccccc1N1CCCC1=O)NCC1CCCCC1. The molecule has 5 nitrogen and oxygen atoms in total. The van der Waals surface area contributed by atoms with Crippen LogP contribution in [0.2, 0.25) is 0 Å². The van der Waals surface area contributed by atoms with Gasteiger partial charge in [-0.2, -0.15) is 0 Å². The third-order valence-electron chi connectivity index (χ3n) is 5.02. The second-order valence-electron chi connectivity index (χ2n) is 6.83. The number of hydrogen-bond acceptors (Lipinski definition) is 3. The van der Waals surface area contributed by atoms with Gasteiger partial charge in [0.25, 0.3) is 0 Å². The molecule has 130 valence electrons. The van der Waals surface area contributed by atoms with Gasteiger partial charge in [0.1, 0.15) is 0 Å². The first-order valence-electron chi connectivity index (χ1n) is 9.14. The topological polar surface area (TPSA) is 61.4 Å². The largest absolute Gasteiger partial charge is 0.374 e. The summed E-state index contributed by atoms with van der Waals surface area (Å²) in [5, 5.41) is 6.23. The molecule has 3 rings (SSSR count). The quantitative estimate of drug-likeness (QED) is 0.843. The first-order chi connectivity index (χ1) is 11.7. The van der Waals surface area contributed by atoms with E-state index >= 15 is 0 Å². The predicted octanol–water partition coefficient (Wildman–Crippen LogP) is 2.92. The number of carbonyl (C=O) groups excluding carboxylic acids is 2. The molecule has 0 radical (unpaired) electrons. The van der Waals surface area contributed by atoms with E-state index < -0.39 is 0 Å². The lowest BCUT2D eigenvalue weighted by Crippen LogP contribution is -2.34. The van der Waals surface area contributed by atoms with Crippen LogP contribution >= 0.6 is 0 Å². The molecule has 2 amide bonds. The number of rotatable bonds is 6. The van der Waals surface area contributed by atoms with E-state index in [1.165, 1.54) is 32.1 Å². The molecule has 2 N–H and O–H groups in total. The summed E-state index contributed by atoms with van der Waals surface area (Å²) in [7, 11) is 0. The summed E-state index contributed by atoms with van der Waals surface area (Å²) in [4.78, 5) is 25.9. The molecular weight excluding hydrogens is 302 g/mol. The number of para-hydroxylation sites is 2. The van der Waals surface area contributed by atoms with Crippen molar-refractivity contribution < 1.29 is 9.59 Å². The summed E-state index contributed by atoms with van der Waals surface area (Å²) >= 11 is 0. The van der Waals surface area contributed by atoms with Crippen molar-refractivity contribution in [2.45, 2.75) is 44.9 Å². The van der Waals surface area contributed by atoms with E-state index in [2.05, 4.69) is 10.6 Å². The van der Waals surface area contributed by atoms with E-state index in [1.54, 1.807) is 0 Å². The number of anilines is 2. The number of nitrogens with zero attached hydrogens (tertiary/aromatic N) is 1. The van der Waals surface area contributed by atoms with E-state index in [0.717, 1.165) is 30.9 Å². The Morgan fingerprint density at radius 1 is 1.12 bits per heavy atom. The molecule has 0 atom stereocenters. The normalized spacial score (nSPS) is 18.7. The van der Waals surface area contributed by atoms with Crippen LogP contribution < -0.4 is 15.5 Å². The van der Waals surface area contributed by atoms with Crippen molar-refractivity contribution in [3.63, 3.8) is 0 Å². The van der Waals surface area contributed by atoms with Gasteiger partial charge in [-0.05, 0) is 37.3 Å². The monoisotopic (exact) mass is 329 g/mol. The Bertz CT molecular complexity index is 582.